The summed E-state index contributed by atoms with van der Waals surface area (Å²) in [6.07, 6.45) is 0. The summed E-state index contributed by atoms with van der Waals surface area (Å²) in [5.41, 5.74) is 1.75. The zero-order valence-electron chi connectivity index (χ0n) is 11.1. The second kappa shape index (κ2) is 6.05. The molecule has 1 atom stereocenters. The van der Waals surface area contributed by atoms with Crippen molar-refractivity contribution in [1.82, 2.24) is 0 Å². The minimum absolute atomic E-state index is 0.0283. The molecule has 0 saturated carbocycles. The zero-order chi connectivity index (χ0) is 13.7. The lowest BCUT2D eigenvalue weighted by Crippen LogP contribution is -2.18. The quantitative estimate of drug-likeness (QED) is 0.908. The maximum Gasteiger partial charge on any atom is 0.231 e. The van der Waals surface area contributed by atoms with Crippen LogP contribution in [0.3, 0.4) is 0 Å². The van der Waals surface area contributed by atoms with Gasteiger partial charge < -0.3 is 10.1 Å². The summed E-state index contributed by atoms with van der Waals surface area (Å²) in [4.78, 5) is 12.2. The lowest BCUT2D eigenvalue weighted by Gasteiger charge is -2.13. The summed E-state index contributed by atoms with van der Waals surface area (Å²) in [6.45, 7) is 1.89. The second-order valence-corrected chi connectivity index (χ2v) is 4.35. The predicted octanol–water partition coefficient (Wildman–Crippen LogP) is 3.44. The first-order chi connectivity index (χ1) is 9.20. The Balaban J connectivity index is 2.08. The van der Waals surface area contributed by atoms with E-state index in [1.54, 1.807) is 13.2 Å². The third-order valence-electron chi connectivity index (χ3n) is 3.03. The van der Waals surface area contributed by atoms with E-state index >= 15 is 0 Å². The molecule has 0 aliphatic heterocycles. The minimum Gasteiger partial charge on any atom is -0.497 e. The highest BCUT2D eigenvalue weighted by molar-refractivity contribution is 5.95. The molecular weight excluding hydrogens is 238 g/mol. The van der Waals surface area contributed by atoms with Gasteiger partial charge in [-0.3, -0.25) is 4.79 Å². The molecule has 19 heavy (non-hydrogen) atoms. The Labute approximate surface area is 113 Å². The molecule has 0 spiro atoms. The second-order valence-electron chi connectivity index (χ2n) is 4.35. The van der Waals surface area contributed by atoms with Crippen LogP contribution in [0.1, 0.15) is 18.4 Å². The largest absolute Gasteiger partial charge is 0.497 e. The Bertz CT molecular complexity index is 552. The molecule has 0 aliphatic rings. The zero-order valence-corrected chi connectivity index (χ0v) is 11.1. The van der Waals surface area contributed by atoms with Gasteiger partial charge in [-0.05, 0) is 24.6 Å². The summed E-state index contributed by atoms with van der Waals surface area (Å²) >= 11 is 0. The lowest BCUT2D eigenvalue weighted by molar-refractivity contribution is -0.117. The number of ether oxygens (including phenoxy) is 1. The van der Waals surface area contributed by atoms with Crippen LogP contribution in [0.25, 0.3) is 0 Å². The number of rotatable bonds is 4. The fourth-order valence-electron chi connectivity index (χ4n) is 1.84. The van der Waals surface area contributed by atoms with Crippen LogP contribution in [0, 0.1) is 0 Å². The van der Waals surface area contributed by atoms with Gasteiger partial charge in [-0.15, -0.1) is 0 Å². The summed E-state index contributed by atoms with van der Waals surface area (Å²) in [6, 6.07) is 17.1. The van der Waals surface area contributed by atoms with Gasteiger partial charge in [0.1, 0.15) is 5.75 Å². The predicted molar refractivity (Wildman–Crippen MR) is 76.5 cm³/mol. The van der Waals surface area contributed by atoms with Crippen molar-refractivity contribution in [3.8, 4) is 5.75 Å². The van der Waals surface area contributed by atoms with E-state index in [4.69, 9.17) is 4.74 Å². The topological polar surface area (TPSA) is 38.3 Å². The number of nitrogens with one attached hydrogen (secondary N) is 1. The molecule has 98 valence electrons. The Morgan fingerprint density at radius 3 is 2.53 bits per heavy atom. The first-order valence-corrected chi connectivity index (χ1v) is 6.20. The monoisotopic (exact) mass is 255 g/mol. The van der Waals surface area contributed by atoms with Crippen LogP contribution in [0.2, 0.25) is 0 Å². The van der Waals surface area contributed by atoms with Gasteiger partial charge in [-0.25, -0.2) is 0 Å². The number of hydrogen-bond acceptors (Lipinski definition) is 2. The Morgan fingerprint density at radius 1 is 1.11 bits per heavy atom. The van der Waals surface area contributed by atoms with Gasteiger partial charge in [-0.1, -0.05) is 36.4 Å². The highest BCUT2D eigenvalue weighted by Gasteiger charge is 2.14. The van der Waals surface area contributed by atoms with Gasteiger partial charge in [0.05, 0.1) is 13.0 Å². The third kappa shape index (κ3) is 3.35. The lowest BCUT2D eigenvalue weighted by atomic mass is 10.0. The van der Waals surface area contributed by atoms with Crippen LogP contribution in [0.4, 0.5) is 5.69 Å². The van der Waals surface area contributed by atoms with Crippen LogP contribution < -0.4 is 10.1 Å². The van der Waals surface area contributed by atoms with Crippen molar-refractivity contribution < 1.29 is 9.53 Å². The van der Waals surface area contributed by atoms with E-state index in [1.807, 2.05) is 55.5 Å². The van der Waals surface area contributed by atoms with Crippen molar-refractivity contribution in [3.05, 3.63) is 60.2 Å². The van der Waals surface area contributed by atoms with E-state index in [0.29, 0.717) is 0 Å². The van der Waals surface area contributed by atoms with Crippen LogP contribution in [0.15, 0.2) is 54.6 Å². The van der Waals surface area contributed by atoms with Gasteiger partial charge in [-0.2, -0.15) is 0 Å². The number of amides is 1. The number of carbonyl (C=O) groups is 1. The van der Waals surface area contributed by atoms with Crippen molar-refractivity contribution in [1.29, 1.82) is 0 Å². The highest BCUT2D eigenvalue weighted by Crippen LogP contribution is 2.20. The molecule has 3 nitrogen and oxygen atoms in total. The van der Waals surface area contributed by atoms with Crippen LogP contribution in [0.5, 0.6) is 5.75 Å². The molecule has 2 rings (SSSR count). The molecule has 0 radical (unpaired) electrons. The van der Waals surface area contributed by atoms with Crippen molar-refractivity contribution >= 4 is 11.6 Å². The van der Waals surface area contributed by atoms with Gasteiger partial charge >= 0.3 is 0 Å². The van der Waals surface area contributed by atoms with E-state index in [2.05, 4.69) is 5.32 Å². The maximum absolute atomic E-state index is 12.2. The molecular formula is C16H17NO2. The normalized spacial score (nSPS) is 11.7. The molecule has 0 aliphatic carbocycles. The summed E-state index contributed by atoms with van der Waals surface area (Å²) in [5.74, 6) is 0.511. The number of hydrogen-bond donors (Lipinski definition) is 1. The number of benzene rings is 2. The molecule has 0 aromatic heterocycles. The molecule has 2 aromatic carbocycles. The molecule has 1 N–H and O–H groups in total. The number of anilines is 1. The molecule has 0 fully saturated rings. The van der Waals surface area contributed by atoms with Crippen molar-refractivity contribution in [2.45, 2.75) is 12.8 Å². The number of methoxy groups -OCH3 is 1. The van der Waals surface area contributed by atoms with Crippen molar-refractivity contribution in [3.63, 3.8) is 0 Å². The van der Waals surface area contributed by atoms with Crippen LogP contribution in [-0.4, -0.2) is 13.0 Å². The van der Waals surface area contributed by atoms with E-state index in [1.165, 1.54) is 0 Å². The minimum atomic E-state index is -0.188. The third-order valence-corrected chi connectivity index (χ3v) is 3.03. The van der Waals surface area contributed by atoms with E-state index in [-0.39, 0.29) is 11.8 Å². The molecule has 2 aromatic rings. The van der Waals surface area contributed by atoms with Gasteiger partial charge in [0, 0.05) is 11.8 Å². The Kier molecular flexibility index (Phi) is 4.18. The molecule has 0 heterocycles. The smallest absolute Gasteiger partial charge is 0.231 e. The van der Waals surface area contributed by atoms with Gasteiger partial charge in [0.15, 0.2) is 0 Å². The fourth-order valence-corrected chi connectivity index (χ4v) is 1.84. The van der Waals surface area contributed by atoms with Gasteiger partial charge in [0.2, 0.25) is 5.91 Å². The molecule has 0 saturated heterocycles. The summed E-state index contributed by atoms with van der Waals surface area (Å²) < 4.78 is 5.13. The SMILES string of the molecule is COc1cccc(NC(=O)C(C)c2ccccc2)c1. The maximum atomic E-state index is 12.2. The highest BCUT2D eigenvalue weighted by atomic mass is 16.5. The van der Waals surface area contributed by atoms with E-state index in [0.717, 1.165) is 17.0 Å². The average molecular weight is 255 g/mol. The summed E-state index contributed by atoms with van der Waals surface area (Å²) in [7, 11) is 1.60. The van der Waals surface area contributed by atoms with E-state index < -0.39 is 0 Å². The average Bonchev–Trinajstić information content (AvgIpc) is 2.47. The Morgan fingerprint density at radius 2 is 1.84 bits per heavy atom. The number of carbonyl (C=O) groups excluding carboxylic acids is 1. The summed E-state index contributed by atoms with van der Waals surface area (Å²) in [5, 5.41) is 2.90. The van der Waals surface area contributed by atoms with Crippen molar-refractivity contribution in [2.75, 3.05) is 12.4 Å². The Hall–Kier alpha value is -2.29. The molecule has 3 heteroatoms. The first kappa shape index (κ1) is 13.1. The fraction of sp³-hybridized carbons (Fsp3) is 0.188. The van der Waals surface area contributed by atoms with Gasteiger partial charge in [0.25, 0.3) is 0 Å². The first-order valence-electron chi connectivity index (χ1n) is 6.20. The van der Waals surface area contributed by atoms with Crippen molar-refractivity contribution in [2.24, 2.45) is 0 Å². The van der Waals surface area contributed by atoms with E-state index in [9.17, 15) is 4.79 Å². The van der Waals surface area contributed by atoms with Crippen LogP contribution >= 0.6 is 0 Å². The molecule has 1 unspecified atom stereocenters. The van der Waals surface area contributed by atoms with Crippen LogP contribution in [-0.2, 0) is 4.79 Å². The molecule has 1 amide bonds. The molecule has 0 bridgehead atoms. The standard InChI is InChI=1S/C16H17NO2/c1-12(13-7-4-3-5-8-13)16(18)17-14-9-6-10-15(11-14)19-2/h3-12H,1-2H3,(H,17,18).